The van der Waals surface area contributed by atoms with Gasteiger partial charge < -0.3 is 0 Å². The van der Waals surface area contributed by atoms with Gasteiger partial charge in [-0.1, -0.05) is 32.4 Å². The minimum Gasteiger partial charge on any atom is -0.299 e. The zero-order valence-corrected chi connectivity index (χ0v) is 19.1. The van der Waals surface area contributed by atoms with Crippen molar-refractivity contribution in [2.45, 2.75) is 72.1 Å². The van der Waals surface area contributed by atoms with E-state index in [1.165, 1.54) is 32.1 Å². The molecular weight excluding hydrogens is 386 g/mol. The van der Waals surface area contributed by atoms with Crippen LogP contribution in [-0.2, 0) is 4.79 Å². The number of hydrogen-bond acceptors (Lipinski definition) is 3. The molecule has 5 rings (SSSR count). The highest BCUT2D eigenvalue weighted by atomic mass is 16.6. The average molecular weight is 422 g/mol. The van der Waals surface area contributed by atoms with Gasteiger partial charge in [0.15, 0.2) is 0 Å². The number of nitrogens with zero attached hydrogens (tertiary/aromatic N) is 1. The van der Waals surface area contributed by atoms with Crippen molar-refractivity contribution in [1.29, 1.82) is 0 Å². The van der Waals surface area contributed by atoms with Gasteiger partial charge >= 0.3 is 0 Å². The van der Waals surface area contributed by atoms with Crippen LogP contribution in [0.4, 0.5) is 5.69 Å². The van der Waals surface area contributed by atoms with Gasteiger partial charge in [-0.25, -0.2) is 0 Å². The van der Waals surface area contributed by atoms with Crippen LogP contribution in [0.25, 0.3) is 6.08 Å². The number of Topliss-reactive ketones (excluding diaryl/α,β-unsaturated/α-hetero) is 1. The highest BCUT2D eigenvalue weighted by Crippen LogP contribution is 2.67. The standard InChI is InChI=1S/C27H35NO3/c1-17-22-11-9-21-23-10-6-19(16-18-4-7-20(8-5-18)28(30)31)26(23,2)14-12-24(21)27(22,3)15-13-25(17)29/h4-5,7-8,16-17,21-24H,6,9-15H2,1-3H3/t17?,21-,22?,23-,24+,26+,27-/m0/s1. The summed E-state index contributed by atoms with van der Waals surface area (Å²) in [6, 6.07) is 7.01. The number of nitro benzene ring substituents is 1. The predicted octanol–water partition coefficient (Wildman–Crippen LogP) is 6.84. The molecule has 1 aromatic carbocycles. The molecule has 4 fully saturated rings. The van der Waals surface area contributed by atoms with E-state index in [1.807, 2.05) is 12.1 Å². The highest BCUT2D eigenvalue weighted by Gasteiger charge is 2.60. The molecule has 0 heterocycles. The van der Waals surface area contributed by atoms with Crippen molar-refractivity contribution in [3.05, 3.63) is 45.5 Å². The number of hydrogen-bond donors (Lipinski definition) is 0. The van der Waals surface area contributed by atoms with E-state index < -0.39 is 0 Å². The average Bonchev–Trinajstić information content (AvgIpc) is 3.08. The number of carbonyl (C=O) groups excluding carboxylic acids is 1. The Kier molecular flexibility index (Phi) is 4.91. The summed E-state index contributed by atoms with van der Waals surface area (Å²) in [7, 11) is 0. The summed E-state index contributed by atoms with van der Waals surface area (Å²) in [5, 5.41) is 11.0. The number of non-ortho nitro benzene ring substituents is 1. The van der Waals surface area contributed by atoms with Crippen molar-refractivity contribution < 1.29 is 9.72 Å². The molecule has 4 heteroatoms. The molecule has 0 radical (unpaired) electrons. The van der Waals surface area contributed by atoms with Crippen molar-refractivity contribution in [2.24, 2.45) is 40.4 Å². The summed E-state index contributed by atoms with van der Waals surface area (Å²) in [6.07, 6.45) is 11.6. The van der Waals surface area contributed by atoms with Gasteiger partial charge in [0.2, 0.25) is 0 Å². The van der Waals surface area contributed by atoms with Crippen molar-refractivity contribution in [1.82, 2.24) is 0 Å². The van der Waals surface area contributed by atoms with Gasteiger partial charge in [-0.2, -0.15) is 0 Å². The Balaban J connectivity index is 1.41. The van der Waals surface area contributed by atoms with Crippen LogP contribution < -0.4 is 0 Å². The summed E-state index contributed by atoms with van der Waals surface area (Å²) >= 11 is 0. The van der Waals surface area contributed by atoms with Crippen LogP contribution in [0.1, 0.15) is 77.7 Å². The third-order valence-corrected chi connectivity index (χ3v) is 10.3. The molecule has 0 N–H and O–H groups in total. The molecule has 0 aliphatic heterocycles. The van der Waals surface area contributed by atoms with E-state index in [0.29, 0.717) is 17.1 Å². The number of nitro groups is 1. The van der Waals surface area contributed by atoms with Gasteiger partial charge in [0, 0.05) is 24.5 Å². The van der Waals surface area contributed by atoms with Crippen molar-refractivity contribution in [3.63, 3.8) is 0 Å². The summed E-state index contributed by atoms with van der Waals surface area (Å²) in [4.78, 5) is 23.0. The highest BCUT2D eigenvalue weighted by molar-refractivity contribution is 5.82. The van der Waals surface area contributed by atoms with E-state index in [1.54, 1.807) is 17.7 Å². The molecule has 0 spiro atoms. The number of rotatable bonds is 2. The van der Waals surface area contributed by atoms with Crippen molar-refractivity contribution in [3.8, 4) is 0 Å². The van der Waals surface area contributed by atoms with E-state index in [0.717, 1.165) is 42.6 Å². The molecule has 2 unspecified atom stereocenters. The normalized spacial score (nSPS) is 43.3. The minimum absolute atomic E-state index is 0.156. The predicted molar refractivity (Wildman–Crippen MR) is 122 cm³/mol. The van der Waals surface area contributed by atoms with Crippen LogP contribution in [0.2, 0.25) is 0 Å². The molecule has 4 aliphatic rings. The maximum atomic E-state index is 12.4. The molecule has 0 bridgehead atoms. The van der Waals surface area contributed by atoms with Crippen LogP contribution in [0, 0.1) is 50.5 Å². The molecule has 1 aromatic rings. The lowest BCUT2D eigenvalue weighted by Gasteiger charge is -2.61. The van der Waals surface area contributed by atoms with E-state index in [9.17, 15) is 14.9 Å². The van der Waals surface area contributed by atoms with Crippen molar-refractivity contribution >= 4 is 17.5 Å². The molecule has 0 saturated heterocycles. The lowest BCUT2D eigenvalue weighted by molar-refractivity contribution is -0.384. The second kappa shape index (κ2) is 7.28. The van der Waals surface area contributed by atoms with E-state index in [2.05, 4.69) is 26.8 Å². The first-order chi connectivity index (χ1) is 14.7. The zero-order chi connectivity index (χ0) is 22.0. The topological polar surface area (TPSA) is 60.2 Å². The first-order valence-corrected chi connectivity index (χ1v) is 12.2. The van der Waals surface area contributed by atoms with E-state index in [-0.39, 0.29) is 21.9 Å². The molecule has 7 atom stereocenters. The fourth-order valence-corrected chi connectivity index (χ4v) is 8.50. The molecule has 0 aromatic heterocycles. The van der Waals surface area contributed by atoms with Gasteiger partial charge in [0.25, 0.3) is 5.69 Å². The zero-order valence-electron chi connectivity index (χ0n) is 19.1. The van der Waals surface area contributed by atoms with Gasteiger partial charge in [0.1, 0.15) is 5.78 Å². The van der Waals surface area contributed by atoms with Gasteiger partial charge in [0.05, 0.1) is 4.92 Å². The number of fused-ring (bicyclic) bond motifs is 5. The fourth-order valence-electron chi connectivity index (χ4n) is 8.50. The Morgan fingerprint density at radius 2 is 1.71 bits per heavy atom. The molecule has 31 heavy (non-hydrogen) atoms. The summed E-state index contributed by atoms with van der Waals surface area (Å²) < 4.78 is 0. The largest absolute Gasteiger partial charge is 0.299 e. The summed E-state index contributed by atoms with van der Waals surface area (Å²) in [5.41, 5.74) is 3.37. The number of carbonyl (C=O) groups is 1. The third kappa shape index (κ3) is 3.12. The van der Waals surface area contributed by atoms with Crippen LogP contribution in [0.15, 0.2) is 29.8 Å². The van der Waals surface area contributed by atoms with Gasteiger partial charge in [-0.3, -0.25) is 14.9 Å². The van der Waals surface area contributed by atoms with Crippen LogP contribution in [0.3, 0.4) is 0 Å². The Morgan fingerprint density at radius 1 is 0.968 bits per heavy atom. The minimum atomic E-state index is -0.332. The maximum Gasteiger partial charge on any atom is 0.269 e. The molecule has 4 aliphatic carbocycles. The fraction of sp³-hybridized carbons (Fsp3) is 0.667. The van der Waals surface area contributed by atoms with Gasteiger partial charge in [-0.15, -0.1) is 0 Å². The van der Waals surface area contributed by atoms with Crippen molar-refractivity contribution in [2.75, 3.05) is 0 Å². The lowest BCUT2D eigenvalue weighted by atomic mass is 9.44. The molecule has 4 nitrogen and oxygen atoms in total. The maximum absolute atomic E-state index is 12.4. The van der Waals surface area contributed by atoms with Crippen LogP contribution >= 0.6 is 0 Å². The first kappa shape index (κ1) is 20.9. The summed E-state index contributed by atoms with van der Waals surface area (Å²) in [5.74, 6) is 3.60. The smallest absolute Gasteiger partial charge is 0.269 e. The Bertz CT molecular complexity index is 934. The number of allylic oxidation sites excluding steroid dienone is 1. The summed E-state index contributed by atoms with van der Waals surface area (Å²) in [6.45, 7) is 7.19. The monoisotopic (exact) mass is 421 g/mol. The molecular formula is C27H35NO3. The van der Waals surface area contributed by atoms with Crippen LogP contribution in [0.5, 0.6) is 0 Å². The quantitative estimate of drug-likeness (QED) is 0.388. The van der Waals surface area contributed by atoms with E-state index in [4.69, 9.17) is 0 Å². The molecule has 166 valence electrons. The Labute approximate surface area is 185 Å². The second-order valence-electron chi connectivity index (χ2n) is 11.3. The second-order valence-corrected chi connectivity index (χ2v) is 11.3. The lowest BCUT2D eigenvalue weighted by Crippen LogP contribution is -2.55. The van der Waals surface area contributed by atoms with Crippen LogP contribution in [-0.4, -0.2) is 10.7 Å². The molecule has 0 amide bonds. The Morgan fingerprint density at radius 3 is 2.42 bits per heavy atom. The van der Waals surface area contributed by atoms with Gasteiger partial charge in [-0.05, 0) is 97.1 Å². The third-order valence-electron chi connectivity index (χ3n) is 10.3. The SMILES string of the molecule is CC1C(=O)CC[C@@]2(C)C1CC[C@@H]1[C@H]2CC[C@]2(C)C(=Cc3ccc([N+](=O)[O-])cc3)CC[C@@H]12. The number of ketones is 1. The Hall–Kier alpha value is -1.97. The first-order valence-electron chi connectivity index (χ1n) is 12.2. The number of benzene rings is 1. The molecule has 4 saturated carbocycles. The van der Waals surface area contributed by atoms with E-state index >= 15 is 0 Å².